The molecule has 1 aliphatic heterocycles. The smallest absolute Gasteiger partial charge is 0.274 e. The van der Waals surface area contributed by atoms with E-state index in [1.165, 1.54) is 6.33 Å². The van der Waals surface area contributed by atoms with Gasteiger partial charge in [0.25, 0.3) is 5.91 Å². The average molecular weight is 312 g/mol. The summed E-state index contributed by atoms with van der Waals surface area (Å²) in [6.07, 6.45) is 3.76. The lowest BCUT2D eigenvalue weighted by molar-refractivity contribution is 0.102. The fourth-order valence-electron chi connectivity index (χ4n) is 2.52. The summed E-state index contributed by atoms with van der Waals surface area (Å²) >= 11 is 0. The summed E-state index contributed by atoms with van der Waals surface area (Å²) in [6.45, 7) is 3.49. The summed E-state index contributed by atoms with van der Waals surface area (Å²) < 4.78 is 5.56. The molecule has 0 aliphatic carbocycles. The largest absolute Gasteiger partial charge is 0.376 e. The van der Waals surface area contributed by atoms with Gasteiger partial charge in [0.2, 0.25) is 0 Å². The molecule has 1 unspecified atom stereocenters. The zero-order valence-electron chi connectivity index (χ0n) is 13.1. The maximum atomic E-state index is 12.3. The molecule has 1 aliphatic rings. The number of aromatic nitrogens is 2. The molecular formula is C17H20N4O2. The van der Waals surface area contributed by atoms with Crippen LogP contribution in [0.15, 0.2) is 36.7 Å². The lowest BCUT2D eigenvalue weighted by atomic mass is 10.2. The van der Waals surface area contributed by atoms with E-state index in [0.717, 1.165) is 30.7 Å². The zero-order valence-corrected chi connectivity index (χ0v) is 13.1. The predicted octanol–water partition coefficient (Wildman–Crippen LogP) is 2.63. The van der Waals surface area contributed by atoms with Gasteiger partial charge in [-0.3, -0.25) is 4.79 Å². The molecule has 0 saturated carbocycles. The Hall–Kier alpha value is -2.47. The van der Waals surface area contributed by atoms with Crippen LogP contribution in [0.1, 0.15) is 28.9 Å². The van der Waals surface area contributed by atoms with E-state index in [1.54, 1.807) is 6.07 Å². The molecule has 1 aromatic heterocycles. The summed E-state index contributed by atoms with van der Waals surface area (Å²) in [5.41, 5.74) is 2.17. The number of rotatable bonds is 5. The van der Waals surface area contributed by atoms with Crippen molar-refractivity contribution in [2.75, 3.05) is 23.8 Å². The first kappa shape index (κ1) is 15.4. The van der Waals surface area contributed by atoms with Crippen LogP contribution in [0.3, 0.4) is 0 Å². The Balaban J connectivity index is 1.62. The van der Waals surface area contributed by atoms with Gasteiger partial charge in [-0.15, -0.1) is 0 Å². The van der Waals surface area contributed by atoms with E-state index in [4.69, 9.17) is 4.74 Å². The number of ether oxygens (including phenoxy) is 1. The van der Waals surface area contributed by atoms with Gasteiger partial charge in [-0.2, -0.15) is 0 Å². The molecule has 1 aromatic carbocycles. The molecule has 0 spiro atoms. The molecule has 2 heterocycles. The van der Waals surface area contributed by atoms with Crippen LogP contribution in [0.25, 0.3) is 0 Å². The molecule has 6 nitrogen and oxygen atoms in total. The van der Waals surface area contributed by atoms with Crippen LogP contribution < -0.4 is 10.6 Å². The Morgan fingerprint density at radius 2 is 2.26 bits per heavy atom. The first-order valence-electron chi connectivity index (χ1n) is 7.76. The minimum absolute atomic E-state index is 0.217. The minimum Gasteiger partial charge on any atom is -0.376 e. The van der Waals surface area contributed by atoms with E-state index >= 15 is 0 Å². The summed E-state index contributed by atoms with van der Waals surface area (Å²) in [6, 6.07) is 9.30. The zero-order chi connectivity index (χ0) is 16.1. The number of amides is 1. The van der Waals surface area contributed by atoms with Gasteiger partial charge in [-0.25, -0.2) is 9.97 Å². The predicted molar refractivity (Wildman–Crippen MR) is 88.6 cm³/mol. The van der Waals surface area contributed by atoms with Gasteiger partial charge < -0.3 is 15.4 Å². The van der Waals surface area contributed by atoms with Gasteiger partial charge in [0, 0.05) is 24.9 Å². The van der Waals surface area contributed by atoms with Crippen molar-refractivity contribution >= 4 is 17.4 Å². The second kappa shape index (κ2) is 7.19. The lowest BCUT2D eigenvalue weighted by Gasteiger charge is -2.11. The molecule has 120 valence electrons. The fraction of sp³-hybridized carbons (Fsp3) is 0.353. The first-order chi connectivity index (χ1) is 11.2. The third kappa shape index (κ3) is 4.26. The summed E-state index contributed by atoms with van der Waals surface area (Å²) in [4.78, 5) is 20.5. The molecule has 1 fully saturated rings. The molecule has 1 amide bonds. The van der Waals surface area contributed by atoms with Gasteiger partial charge in [-0.1, -0.05) is 12.1 Å². The van der Waals surface area contributed by atoms with Crippen molar-refractivity contribution in [3.05, 3.63) is 47.9 Å². The van der Waals surface area contributed by atoms with Crippen LogP contribution in [-0.4, -0.2) is 35.1 Å². The van der Waals surface area contributed by atoms with Crippen LogP contribution >= 0.6 is 0 Å². The summed E-state index contributed by atoms with van der Waals surface area (Å²) in [7, 11) is 0. The highest BCUT2D eigenvalue weighted by atomic mass is 16.5. The molecule has 6 heteroatoms. The second-order valence-corrected chi connectivity index (χ2v) is 5.63. The molecule has 2 aromatic rings. The van der Waals surface area contributed by atoms with E-state index in [2.05, 4.69) is 20.6 Å². The molecule has 1 atom stereocenters. The van der Waals surface area contributed by atoms with E-state index in [1.807, 2.05) is 31.2 Å². The normalized spacial score (nSPS) is 17.0. The van der Waals surface area contributed by atoms with Gasteiger partial charge in [0.15, 0.2) is 0 Å². The number of nitrogens with zero attached hydrogens (tertiary/aromatic N) is 2. The topological polar surface area (TPSA) is 76.1 Å². The van der Waals surface area contributed by atoms with Crippen LogP contribution in [0.4, 0.5) is 11.5 Å². The van der Waals surface area contributed by atoms with Crippen LogP contribution in [0.2, 0.25) is 0 Å². The number of carbonyl (C=O) groups is 1. The Morgan fingerprint density at radius 3 is 3.04 bits per heavy atom. The molecule has 0 bridgehead atoms. The molecule has 23 heavy (non-hydrogen) atoms. The number of aryl methyl sites for hydroxylation is 1. The Labute approximate surface area is 135 Å². The number of benzene rings is 1. The second-order valence-electron chi connectivity index (χ2n) is 5.63. The highest BCUT2D eigenvalue weighted by Gasteiger charge is 2.15. The van der Waals surface area contributed by atoms with Crippen molar-refractivity contribution in [2.24, 2.45) is 0 Å². The number of anilines is 2. The molecule has 2 N–H and O–H groups in total. The van der Waals surface area contributed by atoms with Crippen molar-refractivity contribution in [2.45, 2.75) is 25.9 Å². The van der Waals surface area contributed by atoms with Crippen molar-refractivity contribution in [1.29, 1.82) is 0 Å². The SMILES string of the molecule is Cc1cccc(NC(=O)c2cc(NCC3CCCO3)ncn2)c1. The van der Waals surface area contributed by atoms with E-state index in [9.17, 15) is 4.79 Å². The quantitative estimate of drug-likeness (QED) is 0.887. The van der Waals surface area contributed by atoms with Gasteiger partial charge in [-0.05, 0) is 37.5 Å². The van der Waals surface area contributed by atoms with Crippen molar-refractivity contribution in [3.8, 4) is 0 Å². The number of carbonyl (C=O) groups excluding carboxylic acids is 1. The molecule has 0 radical (unpaired) electrons. The summed E-state index contributed by atoms with van der Waals surface area (Å²) in [5.74, 6) is 0.378. The monoisotopic (exact) mass is 312 g/mol. The maximum absolute atomic E-state index is 12.3. The van der Waals surface area contributed by atoms with Crippen molar-refractivity contribution < 1.29 is 9.53 Å². The Kier molecular flexibility index (Phi) is 4.83. The third-order valence-corrected chi connectivity index (χ3v) is 3.71. The van der Waals surface area contributed by atoms with Crippen LogP contribution in [0.5, 0.6) is 0 Å². The standard InChI is InChI=1S/C17H20N4O2/c1-12-4-2-5-13(8-12)21-17(22)15-9-16(20-11-19-15)18-10-14-6-3-7-23-14/h2,4-5,8-9,11,14H,3,6-7,10H2,1H3,(H,21,22)(H,18,19,20). The summed E-state index contributed by atoms with van der Waals surface area (Å²) in [5, 5.41) is 6.04. The highest BCUT2D eigenvalue weighted by molar-refractivity contribution is 6.03. The van der Waals surface area contributed by atoms with Gasteiger partial charge in [0.1, 0.15) is 17.8 Å². The first-order valence-corrected chi connectivity index (χ1v) is 7.76. The Morgan fingerprint density at radius 1 is 1.35 bits per heavy atom. The van der Waals surface area contributed by atoms with Gasteiger partial charge in [0.05, 0.1) is 6.10 Å². The Bertz CT molecular complexity index is 684. The molecular weight excluding hydrogens is 292 g/mol. The maximum Gasteiger partial charge on any atom is 0.274 e. The van der Waals surface area contributed by atoms with Crippen LogP contribution in [0, 0.1) is 6.92 Å². The fourth-order valence-corrected chi connectivity index (χ4v) is 2.52. The van der Waals surface area contributed by atoms with Gasteiger partial charge >= 0.3 is 0 Å². The third-order valence-electron chi connectivity index (χ3n) is 3.71. The van der Waals surface area contributed by atoms with Crippen molar-refractivity contribution in [3.63, 3.8) is 0 Å². The average Bonchev–Trinajstić information content (AvgIpc) is 3.07. The number of hydrogen-bond acceptors (Lipinski definition) is 5. The molecule has 1 saturated heterocycles. The van der Waals surface area contributed by atoms with Crippen LogP contribution in [-0.2, 0) is 4.74 Å². The number of nitrogens with one attached hydrogen (secondary N) is 2. The van der Waals surface area contributed by atoms with Crippen molar-refractivity contribution in [1.82, 2.24) is 9.97 Å². The number of hydrogen-bond donors (Lipinski definition) is 2. The minimum atomic E-state index is -0.252. The van der Waals surface area contributed by atoms with E-state index in [-0.39, 0.29) is 12.0 Å². The molecule has 3 rings (SSSR count). The lowest BCUT2D eigenvalue weighted by Crippen LogP contribution is -2.20. The van der Waals surface area contributed by atoms with E-state index in [0.29, 0.717) is 18.1 Å². The highest BCUT2D eigenvalue weighted by Crippen LogP contribution is 2.14. The van der Waals surface area contributed by atoms with E-state index < -0.39 is 0 Å².